The topological polar surface area (TPSA) is 89.3 Å². The number of rotatable bonds is 3. The van der Waals surface area contributed by atoms with E-state index in [1.54, 1.807) is 13.0 Å². The molecule has 0 aromatic heterocycles. The summed E-state index contributed by atoms with van der Waals surface area (Å²) in [6.07, 6.45) is 2.55. The number of aliphatic carboxylic acids is 1. The lowest BCUT2D eigenvalue weighted by atomic mass is 10.5. The molecule has 14 heavy (non-hydrogen) atoms. The standard InChI is InChI=1S/C4H8ClN.C4H6FNO2/c1-4(5)2-3-6;5-3(1-2-6)4(7)8/h2H,3,6H2,1H3;1H,2,6H2,(H,7,8)/b4-2+;3-1+. The summed E-state index contributed by atoms with van der Waals surface area (Å²) in [7, 11) is 0. The van der Waals surface area contributed by atoms with Crippen molar-refractivity contribution in [1.82, 2.24) is 0 Å². The molecule has 0 amide bonds. The first-order chi connectivity index (χ1) is 6.45. The van der Waals surface area contributed by atoms with E-state index in [0.29, 0.717) is 6.54 Å². The van der Waals surface area contributed by atoms with Gasteiger partial charge in [0, 0.05) is 18.1 Å². The summed E-state index contributed by atoms with van der Waals surface area (Å²) in [4.78, 5) is 9.59. The van der Waals surface area contributed by atoms with E-state index in [4.69, 9.17) is 28.2 Å². The molecule has 0 aromatic rings. The van der Waals surface area contributed by atoms with Crippen LogP contribution in [0.1, 0.15) is 6.92 Å². The molecule has 0 spiro atoms. The minimum Gasteiger partial charge on any atom is -0.476 e. The van der Waals surface area contributed by atoms with E-state index in [-0.39, 0.29) is 6.54 Å². The number of carbonyl (C=O) groups is 1. The Morgan fingerprint density at radius 2 is 1.86 bits per heavy atom. The fourth-order valence-corrected chi connectivity index (χ4v) is 0.442. The van der Waals surface area contributed by atoms with Crippen molar-refractivity contribution in [3.63, 3.8) is 0 Å². The highest BCUT2D eigenvalue weighted by molar-refractivity contribution is 6.29. The Morgan fingerprint density at radius 3 is 1.93 bits per heavy atom. The molecule has 0 radical (unpaired) electrons. The third kappa shape index (κ3) is 13.7. The predicted molar refractivity (Wildman–Crippen MR) is 54.5 cm³/mol. The average molecular weight is 225 g/mol. The Hall–Kier alpha value is -0.910. The highest BCUT2D eigenvalue weighted by atomic mass is 35.5. The second-order valence-corrected chi connectivity index (χ2v) is 2.72. The molecule has 0 saturated carbocycles. The van der Waals surface area contributed by atoms with E-state index >= 15 is 0 Å². The molecule has 82 valence electrons. The smallest absolute Gasteiger partial charge is 0.364 e. The number of nitrogens with two attached hydrogens (primary N) is 2. The minimum absolute atomic E-state index is 0.0852. The van der Waals surface area contributed by atoms with Gasteiger partial charge in [0.05, 0.1) is 0 Å². The Labute approximate surface area is 87.0 Å². The molecular formula is C8H14ClFN2O2. The highest BCUT2D eigenvalue weighted by Gasteiger charge is 2.01. The van der Waals surface area contributed by atoms with E-state index in [1.807, 2.05) is 0 Å². The van der Waals surface area contributed by atoms with E-state index in [2.05, 4.69) is 0 Å². The summed E-state index contributed by atoms with van der Waals surface area (Å²) < 4.78 is 11.7. The molecule has 4 nitrogen and oxygen atoms in total. The van der Waals surface area contributed by atoms with Gasteiger partial charge in [0.1, 0.15) is 0 Å². The monoisotopic (exact) mass is 224 g/mol. The molecule has 6 heteroatoms. The molecule has 0 aliphatic rings. The number of carboxylic acid groups (broad SMARTS) is 1. The first-order valence-electron chi connectivity index (χ1n) is 3.77. The summed E-state index contributed by atoms with van der Waals surface area (Å²) in [5.41, 5.74) is 9.86. The Morgan fingerprint density at radius 1 is 1.43 bits per heavy atom. The lowest BCUT2D eigenvalue weighted by molar-refractivity contribution is -0.134. The van der Waals surface area contributed by atoms with E-state index in [1.165, 1.54) is 0 Å². The normalized spacial score (nSPS) is 11.8. The highest BCUT2D eigenvalue weighted by Crippen LogP contribution is 1.93. The van der Waals surface area contributed by atoms with E-state index < -0.39 is 11.8 Å². The van der Waals surface area contributed by atoms with Crippen molar-refractivity contribution in [2.24, 2.45) is 11.5 Å². The van der Waals surface area contributed by atoms with Crippen molar-refractivity contribution >= 4 is 17.6 Å². The minimum atomic E-state index is -1.57. The summed E-state index contributed by atoms with van der Waals surface area (Å²) in [6.45, 7) is 2.25. The van der Waals surface area contributed by atoms with Gasteiger partial charge < -0.3 is 16.6 Å². The van der Waals surface area contributed by atoms with Crippen LogP contribution in [0.4, 0.5) is 4.39 Å². The molecule has 0 rings (SSSR count). The van der Waals surface area contributed by atoms with E-state index in [9.17, 15) is 9.18 Å². The first-order valence-corrected chi connectivity index (χ1v) is 4.14. The van der Waals surface area contributed by atoms with Crippen molar-refractivity contribution in [3.8, 4) is 0 Å². The summed E-state index contributed by atoms with van der Waals surface area (Å²) in [5, 5.41) is 8.58. The maximum Gasteiger partial charge on any atom is 0.364 e. The number of carboxylic acids is 1. The summed E-state index contributed by atoms with van der Waals surface area (Å²) >= 11 is 5.36. The molecule has 0 aliphatic carbocycles. The van der Waals surface area contributed by atoms with Crippen LogP contribution in [0.25, 0.3) is 0 Å². The Balaban J connectivity index is 0. The quantitative estimate of drug-likeness (QED) is 0.624. The Kier molecular flexibility index (Phi) is 11.3. The molecule has 5 N–H and O–H groups in total. The molecule has 0 fully saturated rings. The molecule has 0 atom stereocenters. The maximum absolute atomic E-state index is 11.7. The largest absolute Gasteiger partial charge is 0.476 e. The van der Waals surface area contributed by atoms with Crippen LogP contribution in [-0.2, 0) is 4.79 Å². The summed E-state index contributed by atoms with van der Waals surface area (Å²) in [5.74, 6) is -2.78. The van der Waals surface area contributed by atoms with Crippen LogP contribution < -0.4 is 11.5 Å². The van der Waals surface area contributed by atoms with Crippen molar-refractivity contribution < 1.29 is 14.3 Å². The van der Waals surface area contributed by atoms with Crippen molar-refractivity contribution in [2.75, 3.05) is 13.1 Å². The van der Waals surface area contributed by atoms with Crippen molar-refractivity contribution in [3.05, 3.63) is 23.0 Å². The molecule has 0 saturated heterocycles. The zero-order valence-electron chi connectivity index (χ0n) is 7.84. The second kappa shape index (κ2) is 10.2. The SMILES string of the molecule is C/C(Cl)=C\CN.NC/C=C(/F)C(=O)O. The fourth-order valence-electron chi connectivity index (χ4n) is 0.353. The van der Waals surface area contributed by atoms with Crippen LogP contribution in [0, 0.1) is 0 Å². The summed E-state index contributed by atoms with van der Waals surface area (Å²) in [6, 6.07) is 0. The van der Waals surface area contributed by atoms with Gasteiger partial charge in [0.15, 0.2) is 0 Å². The van der Waals surface area contributed by atoms with Crippen LogP contribution in [-0.4, -0.2) is 24.2 Å². The molecule has 0 bridgehead atoms. The second-order valence-electron chi connectivity index (χ2n) is 2.12. The third-order valence-corrected chi connectivity index (χ3v) is 1.05. The van der Waals surface area contributed by atoms with Gasteiger partial charge in [-0.2, -0.15) is 4.39 Å². The number of hydrogen-bond acceptors (Lipinski definition) is 3. The van der Waals surface area contributed by atoms with Gasteiger partial charge in [-0.25, -0.2) is 4.79 Å². The van der Waals surface area contributed by atoms with Crippen molar-refractivity contribution in [2.45, 2.75) is 6.92 Å². The lowest BCUT2D eigenvalue weighted by Gasteiger charge is -1.82. The average Bonchev–Trinajstić information content (AvgIpc) is 2.05. The van der Waals surface area contributed by atoms with Crippen LogP contribution in [0.3, 0.4) is 0 Å². The first kappa shape index (κ1) is 15.6. The predicted octanol–water partition coefficient (Wildman–Crippen LogP) is 0.971. The van der Waals surface area contributed by atoms with E-state index in [0.717, 1.165) is 11.1 Å². The van der Waals surface area contributed by atoms with Gasteiger partial charge in [-0.15, -0.1) is 0 Å². The third-order valence-electron chi connectivity index (χ3n) is 0.901. The van der Waals surface area contributed by atoms with Gasteiger partial charge in [-0.05, 0) is 13.0 Å². The van der Waals surface area contributed by atoms with Gasteiger partial charge in [0.25, 0.3) is 0 Å². The Bertz CT molecular complexity index is 225. The zero-order valence-corrected chi connectivity index (χ0v) is 8.59. The zero-order chi connectivity index (χ0) is 11.6. The fraction of sp³-hybridized carbons (Fsp3) is 0.375. The molecule has 0 aromatic carbocycles. The number of hydrogen-bond donors (Lipinski definition) is 3. The van der Waals surface area contributed by atoms with Crippen LogP contribution in [0.2, 0.25) is 0 Å². The van der Waals surface area contributed by atoms with Crippen LogP contribution >= 0.6 is 11.6 Å². The number of halogens is 2. The van der Waals surface area contributed by atoms with Crippen molar-refractivity contribution in [1.29, 1.82) is 0 Å². The van der Waals surface area contributed by atoms with Gasteiger partial charge in [-0.1, -0.05) is 17.7 Å². The molecular weight excluding hydrogens is 211 g/mol. The molecule has 0 heterocycles. The molecule has 0 aliphatic heterocycles. The van der Waals surface area contributed by atoms with Crippen LogP contribution in [0.15, 0.2) is 23.0 Å². The maximum atomic E-state index is 11.7. The van der Waals surface area contributed by atoms with Gasteiger partial charge >= 0.3 is 5.97 Å². The van der Waals surface area contributed by atoms with Crippen LogP contribution in [0.5, 0.6) is 0 Å². The lowest BCUT2D eigenvalue weighted by Crippen LogP contribution is -2.00. The number of allylic oxidation sites excluding steroid dienone is 1. The molecule has 0 unspecified atom stereocenters. The van der Waals surface area contributed by atoms with Gasteiger partial charge in [-0.3, -0.25) is 0 Å². The van der Waals surface area contributed by atoms with Gasteiger partial charge in [0.2, 0.25) is 5.83 Å².